The molecule has 0 bridgehead atoms. The molecule has 0 atom stereocenters. The van der Waals surface area contributed by atoms with Crippen LogP contribution >= 0.6 is 11.3 Å². The van der Waals surface area contributed by atoms with Gasteiger partial charge in [0.1, 0.15) is 0 Å². The first kappa shape index (κ1) is 49.3. The molecule has 0 unspecified atom stereocenters. The zero-order valence-electron chi connectivity index (χ0n) is 47.8. The van der Waals surface area contributed by atoms with Crippen molar-refractivity contribution < 1.29 is 0 Å². The lowest BCUT2D eigenvalue weighted by Gasteiger charge is -2.48. The van der Waals surface area contributed by atoms with Crippen LogP contribution in [-0.4, -0.2) is 6.71 Å². The molecule has 0 saturated heterocycles. The zero-order valence-corrected chi connectivity index (χ0v) is 48.6. The van der Waals surface area contributed by atoms with Crippen molar-refractivity contribution in [3.05, 3.63) is 160 Å². The molecule has 2 aliphatic heterocycles. The Bertz CT molecular complexity index is 3630. The van der Waals surface area contributed by atoms with Gasteiger partial charge in [-0.3, -0.25) is 0 Å². The summed E-state index contributed by atoms with van der Waals surface area (Å²) in [6.45, 7) is 41.3. The number of fused-ring (bicyclic) bond motifs is 9. The maximum absolute atomic E-state index is 2.75. The highest BCUT2D eigenvalue weighted by molar-refractivity contribution is 7.26. The molecule has 0 spiro atoms. The van der Waals surface area contributed by atoms with Gasteiger partial charge in [-0.15, -0.1) is 11.3 Å². The van der Waals surface area contributed by atoms with Crippen LogP contribution in [0.5, 0.6) is 0 Å². The lowest BCUT2D eigenvalue weighted by Crippen LogP contribution is -2.62. The standard InChI is InChI=1S/C70H79BN2S/c1-64(2,3)43-26-29-55(46(34-43)42-22-19-18-20-23-42)73-57-41-61-47(62-49(66(7,8)9)24-21-25-60(62)74-61)38-53(57)71-54-39-51-52(70(16,17)33-32-69(51,14)15)40-56(54)72(58-35-44(65(4,5)6)36-59(73)63(58)71)45-27-28-48-50(37-45)68(12,13)31-30-67(48,10)11/h18-29,34-41H,30-33H2,1-17H3. The van der Waals surface area contributed by atoms with Crippen LogP contribution in [0.2, 0.25) is 0 Å². The van der Waals surface area contributed by atoms with Crippen LogP contribution < -0.4 is 26.2 Å². The van der Waals surface area contributed by atoms with E-state index >= 15 is 0 Å². The highest BCUT2D eigenvalue weighted by atomic mass is 32.1. The molecule has 8 aromatic rings. The van der Waals surface area contributed by atoms with Gasteiger partial charge in [-0.25, -0.2) is 0 Å². The summed E-state index contributed by atoms with van der Waals surface area (Å²) in [5, 5.41) is 2.79. The summed E-state index contributed by atoms with van der Waals surface area (Å²) in [6.07, 6.45) is 4.70. The van der Waals surface area contributed by atoms with Crippen LogP contribution in [-0.2, 0) is 37.9 Å². The van der Waals surface area contributed by atoms with E-state index < -0.39 is 0 Å². The second-order valence-corrected chi connectivity index (χ2v) is 29.9. The van der Waals surface area contributed by atoms with Gasteiger partial charge in [-0.1, -0.05) is 184 Å². The van der Waals surface area contributed by atoms with Gasteiger partial charge in [0.15, 0.2) is 0 Å². The van der Waals surface area contributed by atoms with E-state index in [0.717, 1.165) is 0 Å². The quantitative estimate of drug-likeness (QED) is 0.163. The summed E-state index contributed by atoms with van der Waals surface area (Å²) in [4.78, 5) is 5.46. The van der Waals surface area contributed by atoms with Crippen molar-refractivity contribution in [1.82, 2.24) is 0 Å². The number of rotatable bonds is 3. The highest BCUT2D eigenvalue weighted by Crippen LogP contribution is 2.55. The highest BCUT2D eigenvalue weighted by Gasteiger charge is 2.48. The van der Waals surface area contributed by atoms with Crippen LogP contribution in [0.1, 0.15) is 182 Å². The van der Waals surface area contributed by atoms with Gasteiger partial charge in [0.2, 0.25) is 0 Å². The molecule has 12 rings (SSSR count). The first-order valence-electron chi connectivity index (χ1n) is 27.9. The van der Waals surface area contributed by atoms with E-state index in [1.165, 1.54) is 146 Å². The van der Waals surface area contributed by atoms with E-state index in [0.29, 0.717) is 0 Å². The normalized spacial score (nSPS) is 18.2. The van der Waals surface area contributed by atoms with Crippen molar-refractivity contribution in [2.24, 2.45) is 0 Å². The molecule has 3 heterocycles. The third-order valence-corrected chi connectivity index (χ3v) is 19.7. The Morgan fingerprint density at radius 3 is 1.62 bits per heavy atom. The van der Waals surface area contributed by atoms with Gasteiger partial charge in [0.05, 0.1) is 5.69 Å². The summed E-state index contributed by atoms with van der Waals surface area (Å²) in [5.41, 5.74) is 24.6. The van der Waals surface area contributed by atoms with Gasteiger partial charge in [-0.2, -0.15) is 0 Å². The van der Waals surface area contributed by atoms with Gasteiger partial charge in [0, 0.05) is 54.2 Å². The largest absolute Gasteiger partial charge is 0.311 e. The van der Waals surface area contributed by atoms with Crippen molar-refractivity contribution in [2.45, 2.75) is 181 Å². The fourth-order valence-corrected chi connectivity index (χ4v) is 14.9. The number of nitrogens with zero attached hydrogens (tertiary/aromatic N) is 2. The van der Waals surface area contributed by atoms with Gasteiger partial charge in [-0.05, 0) is 179 Å². The van der Waals surface area contributed by atoms with Gasteiger partial charge < -0.3 is 9.80 Å². The minimum Gasteiger partial charge on any atom is -0.311 e. The lowest BCUT2D eigenvalue weighted by molar-refractivity contribution is 0.332. The van der Waals surface area contributed by atoms with Crippen LogP contribution in [0, 0.1) is 0 Å². The molecule has 1 aromatic heterocycles. The smallest absolute Gasteiger partial charge is 0.252 e. The second kappa shape index (κ2) is 16.0. The minimum atomic E-state index is -0.139. The summed E-state index contributed by atoms with van der Waals surface area (Å²) in [5.74, 6) is 0. The molecule has 378 valence electrons. The SMILES string of the molecule is CC(C)(C)c1ccc(N2c3cc4sc5cccc(C(C)(C)C)c5c4cc3B3c4cc5c(cc4N(c4ccc6c(c4)C(C)(C)CCC6(C)C)c4cc(C(C)(C)C)cc2c43)C(C)(C)CCC5(C)C)c(-c2ccccc2)c1. The number of hydrogen-bond acceptors (Lipinski definition) is 3. The van der Waals surface area contributed by atoms with Crippen molar-refractivity contribution in [3.8, 4) is 11.1 Å². The molecule has 2 aliphatic carbocycles. The fourth-order valence-electron chi connectivity index (χ4n) is 13.7. The fraction of sp³-hybridized carbons (Fsp3) is 0.400. The Kier molecular flexibility index (Phi) is 10.7. The Morgan fingerprint density at radius 2 is 1.00 bits per heavy atom. The third kappa shape index (κ3) is 7.52. The lowest BCUT2D eigenvalue weighted by atomic mass is 9.33. The first-order valence-corrected chi connectivity index (χ1v) is 28.7. The molecule has 0 N–H and O–H groups in total. The Balaban J connectivity index is 1.27. The van der Waals surface area contributed by atoms with Crippen molar-refractivity contribution in [3.63, 3.8) is 0 Å². The average Bonchev–Trinajstić information content (AvgIpc) is 3.74. The molecule has 2 nitrogen and oxygen atoms in total. The van der Waals surface area contributed by atoms with E-state index in [-0.39, 0.29) is 44.6 Å². The summed E-state index contributed by atoms with van der Waals surface area (Å²) in [6, 6.07) is 49.1. The van der Waals surface area contributed by atoms with Crippen molar-refractivity contribution >= 4 is 88.7 Å². The molecule has 4 heteroatoms. The average molecular weight is 991 g/mol. The predicted octanol–water partition coefficient (Wildman–Crippen LogP) is 18.4. The number of thiophene rings is 1. The van der Waals surface area contributed by atoms with Crippen LogP contribution in [0.3, 0.4) is 0 Å². The minimum absolute atomic E-state index is 0.0131. The second-order valence-electron chi connectivity index (χ2n) is 28.8. The molecule has 0 saturated carbocycles. The molecule has 0 radical (unpaired) electrons. The van der Waals surface area contributed by atoms with Crippen LogP contribution in [0.15, 0.2) is 121 Å². The zero-order chi connectivity index (χ0) is 52.6. The molecule has 7 aromatic carbocycles. The van der Waals surface area contributed by atoms with E-state index in [1.54, 1.807) is 0 Å². The summed E-state index contributed by atoms with van der Waals surface area (Å²) >= 11 is 1.96. The molecule has 0 fully saturated rings. The van der Waals surface area contributed by atoms with Crippen LogP contribution in [0.25, 0.3) is 31.3 Å². The molecule has 74 heavy (non-hydrogen) atoms. The first-order chi connectivity index (χ1) is 34.5. The Labute approximate surface area is 448 Å². The topological polar surface area (TPSA) is 6.48 Å². The monoisotopic (exact) mass is 991 g/mol. The summed E-state index contributed by atoms with van der Waals surface area (Å²) < 4.78 is 2.70. The maximum atomic E-state index is 2.75. The van der Waals surface area contributed by atoms with E-state index in [1.807, 2.05) is 11.3 Å². The number of hydrogen-bond donors (Lipinski definition) is 0. The van der Waals surface area contributed by atoms with E-state index in [2.05, 4.69) is 249 Å². The molecular weight excluding hydrogens is 912 g/mol. The van der Waals surface area contributed by atoms with E-state index in [4.69, 9.17) is 0 Å². The third-order valence-electron chi connectivity index (χ3n) is 18.6. The molecule has 4 aliphatic rings. The van der Waals surface area contributed by atoms with Gasteiger partial charge >= 0.3 is 0 Å². The Hall–Kier alpha value is -5.58. The molecular formula is C70H79BN2S. The van der Waals surface area contributed by atoms with Crippen molar-refractivity contribution in [1.29, 1.82) is 0 Å². The number of benzene rings is 7. The summed E-state index contributed by atoms with van der Waals surface area (Å²) in [7, 11) is 0. The maximum Gasteiger partial charge on any atom is 0.252 e. The van der Waals surface area contributed by atoms with Crippen molar-refractivity contribution in [2.75, 3.05) is 9.80 Å². The van der Waals surface area contributed by atoms with Crippen LogP contribution in [0.4, 0.5) is 34.1 Å². The van der Waals surface area contributed by atoms with Gasteiger partial charge in [0.25, 0.3) is 6.71 Å². The predicted molar refractivity (Wildman–Crippen MR) is 325 cm³/mol. The van der Waals surface area contributed by atoms with E-state index in [9.17, 15) is 0 Å². The molecule has 0 amide bonds. The Morgan fingerprint density at radius 1 is 0.432 bits per heavy atom. The number of anilines is 6.